The van der Waals surface area contributed by atoms with E-state index in [2.05, 4.69) is 262 Å². The number of para-hydroxylation sites is 3. The lowest BCUT2D eigenvalue weighted by Gasteiger charge is -2.27. The van der Waals surface area contributed by atoms with Gasteiger partial charge in [-0.3, -0.25) is 14.2 Å². The molecular weight excluding hydrogens is 1340 g/mol. The highest BCUT2D eigenvalue weighted by Gasteiger charge is 2.27. The molecule has 0 aliphatic rings. The molecule has 14 rings (SSSR count). The highest BCUT2D eigenvalue weighted by molar-refractivity contribution is 7.53. The Kier molecular flexibility index (Phi) is 24.9. The maximum atomic E-state index is 12.5. The fourth-order valence-electron chi connectivity index (χ4n) is 12.7. The van der Waals surface area contributed by atoms with E-state index in [1.807, 2.05) is 91.0 Å². The number of hydrogen-bond acceptors (Lipinski definition) is 11. The number of nitrogens with zero attached hydrogens (tertiary/aromatic N) is 7. The molecule has 107 heavy (non-hydrogen) atoms. The SMILES string of the molecule is C.CCOP(=O)(Cc1cc(C#N)c(C=O)cc1C#N)OCC.O=Cc1ccc(N(c2ccccc2)c2cccc3ccccc23)cc1.[C-]#[N+]c1cc(/C=C/c2ccc(N(c3ccccc3)c3cccc4ccccc34)cc2)c(C#N)cc1/C=C/c1ccc(N(c2ccccc2)c2cccc3ccccc23)cc1. The Morgan fingerprint density at radius 1 is 0.374 bits per heavy atom. The normalized spacial score (nSPS) is 10.8. The fraction of sp³-hybridized carbons (Fsp3) is 0.0638. The van der Waals surface area contributed by atoms with Gasteiger partial charge in [-0.2, -0.15) is 15.8 Å². The standard InChI is InChI=1S/C56H38N4.C23H17NO.C14H15N2O4P.CH4/c1-58-54-39-45(32-26-41-28-34-50(35-29-41)59(48-18-4-2-5-19-48)55-24-12-16-43-14-8-10-22-52(43)55)47(40-57)38-46(54)33-27-42-30-36-51(37-31-42)60(49-20-6-3-7-21-49)56-25-13-17-44-15-9-11-23-53(44)56;25-17-18-13-15-21(16-14-18)24(20-9-2-1-3-10-20)23-12-6-8-19-7-4-5-11-22(19)23;1-3-19-21(18,20-4-2)10-14-6-11(7-15)13(9-17)5-12(14)8-16;/h2-39H;1-17H;5-6,9H,3-4,10H2,1-2H3;1H4/b32-26+,33-27+;;;. The van der Waals surface area contributed by atoms with Gasteiger partial charge in [0, 0.05) is 61.4 Å². The number of rotatable bonds is 21. The zero-order valence-electron chi connectivity index (χ0n) is 58.2. The maximum Gasteiger partial charge on any atom is 0.335 e. The van der Waals surface area contributed by atoms with Crippen molar-refractivity contribution in [3.8, 4) is 18.2 Å². The summed E-state index contributed by atoms with van der Waals surface area (Å²) in [4.78, 5) is 32.5. The number of aldehydes is 2. The first-order chi connectivity index (χ1) is 52.1. The van der Waals surface area contributed by atoms with E-state index in [-0.39, 0.29) is 43.5 Å². The molecule has 0 aromatic heterocycles. The lowest BCUT2D eigenvalue weighted by atomic mass is 10.0. The van der Waals surface area contributed by atoms with Gasteiger partial charge in [0.05, 0.1) is 77.9 Å². The molecule has 0 bridgehead atoms. The molecule has 0 spiro atoms. The zero-order chi connectivity index (χ0) is 73.6. The number of benzene rings is 14. The molecule has 0 saturated carbocycles. The van der Waals surface area contributed by atoms with E-state index in [4.69, 9.17) is 26.1 Å². The van der Waals surface area contributed by atoms with Crippen molar-refractivity contribution in [1.82, 2.24) is 0 Å². The van der Waals surface area contributed by atoms with Crippen LogP contribution < -0.4 is 14.7 Å². The molecule has 0 saturated heterocycles. The molecule has 0 heterocycles. The number of fused-ring (bicyclic) bond motifs is 3. The molecule has 13 heteroatoms. The van der Waals surface area contributed by atoms with Crippen LogP contribution in [-0.4, -0.2) is 25.8 Å². The minimum Gasteiger partial charge on any atom is -0.310 e. The summed E-state index contributed by atoms with van der Waals surface area (Å²) < 4.78 is 22.8. The second-order valence-electron chi connectivity index (χ2n) is 24.3. The third-order valence-electron chi connectivity index (χ3n) is 17.7. The number of hydrogen-bond donors (Lipinski definition) is 0. The quantitative estimate of drug-likeness (QED) is 0.0292. The summed E-state index contributed by atoms with van der Waals surface area (Å²) >= 11 is 0. The third-order valence-corrected chi connectivity index (χ3v) is 19.7. The van der Waals surface area contributed by atoms with Gasteiger partial charge in [-0.1, -0.05) is 220 Å². The topological polar surface area (TPSA) is 155 Å². The van der Waals surface area contributed by atoms with Crippen molar-refractivity contribution in [2.24, 2.45) is 0 Å². The maximum absolute atomic E-state index is 12.5. The molecule has 0 atom stereocenters. The number of nitriles is 3. The van der Waals surface area contributed by atoms with Gasteiger partial charge >= 0.3 is 7.60 Å². The molecule has 0 unspecified atom stereocenters. The van der Waals surface area contributed by atoms with Crippen molar-refractivity contribution in [1.29, 1.82) is 15.8 Å². The lowest BCUT2D eigenvalue weighted by molar-refractivity contribution is 0.111. The first-order valence-corrected chi connectivity index (χ1v) is 36.2. The molecule has 0 amide bonds. The second kappa shape index (κ2) is 35.9. The van der Waals surface area contributed by atoms with E-state index in [9.17, 15) is 19.4 Å². The molecule has 14 aromatic rings. The van der Waals surface area contributed by atoms with Crippen molar-refractivity contribution in [3.63, 3.8) is 0 Å². The van der Waals surface area contributed by atoms with Gasteiger partial charge in [0.1, 0.15) is 6.29 Å². The molecule has 0 aliphatic heterocycles. The van der Waals surface area contributed by atoms with Crippen LogP contribution in [0.3, 0.4) is 0 Å². The van der Waals surface area contributed by atoms with Crippen molar-refractivity contribution >= 4 is 134 Å². The van der Waals surface area contributed by atoms with Crippen LogP contribution in [0.4, 0.5) is 56.9 Å². The lowest BCUT2D eigenvalue weighted by Crippen LogP contribution is -2.10. The van der Waals surface area contributed by atoms with Crippen molar-refractivity contribution in [3.05, 3.63) is 383 Å². The summed E-state index contributed by atoms with van der Waals surface area (Å²) in [7, 11) is -3.38. The van der Waals surface area contributed by atoms with Crippen LogP contribution in [0.2, 0.25) is 0 Å². The summed E-state index contributed by atoms with van der Waals surface area (Å²) in [5, 5.41) is 35.5. The summed E-state index contributed by atoms with van der Waals surface area (Å²) in [6.45, 7) is 11.8. The van der Waals surface area contributed by atoms with Crippen LogP contribution in [0.25, 0.3) is 61.5 Å². The van der Waals surface area contributed by atoms with Gasteiger partial charge in [-0.15, -0.1) is 0 Å². The second-order valence-corrected chi connectivity index (χ2v) is 26.4. The van der Waals surface area contributed by atoms with Gasteiger partial charge in [-0.25, -0.2) is 4.85 Å². The van der Waals surface area contributed by atoms with Gasteiger partial charge in [0.25, 0.3) is 0 Å². The summed E-state index contributed by atoms with van der Waals surface area (Å²) in [5.74, 6) is 0. The number of anilines is 9. The van der Waals surface area contributed by atoms with Crippen LogP contribution >= 0.6 is 7.60 Å². The van der Waals surface area contributed by atoms with E-state index < -0.39 is 7.60 Å². The molecular formula is C94H74N7O5P. The Hall–Kier alpha value is -13.8. The largest absolute Gasteiger partial charge is 0.335 e. The van der Waals surface area contributed by atoms with Gasteiger partial charge < -0.3 is 23.7 Å². The molecule has 0 fully saturated rings. The Morgan fingerprint density at radius 3 is 1.07 bits per heavy atom. The Bertz CT molecular complexity index is 5510. The molecule has 14 aromatic carbocycles. The van der Waals surface area contributed by atoms with Crippen molar-refractivity contribution in [2.75, 3.05) is 27.9 Å². The highest BCUT2D eigenvalue weighted by atomic mass is 31.2. The minimum absolute atomic E-state index is 0. The highest BCUT2D eigenvalue weighted by Crippen LogP contribution is 2.52. The predicted octanol–water partition coefficient (Wildman–Crippen LogP) is 25.5. The van der Waals surface area contributed by atoms with Crippen molar-refractivity contribution < 1.29 is 23.2 Å². The van der Waals surface area contributed by atoms with E-state index in [1.54, 1.807) is 26.0 Å². The van der Waals surface area contributed by atoms with Crippen molar-refractivity contribution in [2.45, 2.75) is 27.4 Å². The summed E-state index contributed by atoms with van der Waals surface area (Å²) in [5.41, 5.74) is 15.4. The van der Waals surface area contributed by atoms with Crippen LogP contribution in [0, 0.1) is 40.6 Å². The first kappa shape index (κ1) is 74.4. The summed E-state index contributed by atoms with van der Waals surface area (Å²) in [6, 6.07) is 112. The monoisotopic (exact) mass is 1410 g/mol. The van der Waals surface area contributed by atoms with E-state index >= 15 is 0 Å². The van der Waals surface area contributed by atoms with E-state index in [0.717, 1.165) is 68.6 Å². The zero-order valence-corrected chi connectivity index (χ0v) is 59.1. The molecule has 0 radical (unpaired) electrons. The Balaban J connectivity index is 0.000000198. The van der Waals surface area contributed by atoms with Crippen LogP contribution in [0.5, 0.6) is 0 Å². The number of carbonyl (C=O) groups is 2. The van der Waals surface area contributed by atoms with Gasteiger partial charge in [-0.05, 0) is 185 Å². The molecule has 12 nitrogen and oxygen atoms in total. The molecule has 0 aliphatic carbocycles. The first-order valence-electron chi connectivity index (χ1n) is 34.4. The summed E-state index contributed by atoms with van der Waals surface area (Å²) in [6.07, 6.45) is 9.08. The van der Waals surface area contributed by atoms with E-state index in [0.29, 0.717) is 39.8 Å². The Morgan fingerprint density at radius 2 is 0.710 bits per heavy atom. The average Bonchev–Trinajstić information content (AvgIpc) is 0.801. The fourth-order valence-corrected chi connectivity index (χ4v) is 14.4. The average molecular weight is 1410 g/mol. The van der Waals surface area contributed by atoms with Gasteiger partial charge in [0.2, 0.25) is 0 Å². The minimum atomic E-state index is -3.38. The predicted molar refractivity (Wildman–Crippen MR) is 439 cm³/mol. The van der Waals surface area contributed by atoms with Gasteiger partial charge in [0.15, 0.2) is 12.0 Å². The number of carbonyl (C=O) groups excluding carboxylic acids is 2. The van der Waals surface area contributed by atoms with E-state index in [1.165, 1.54) is 44.5 Å². The van der Waals surface area contributed by atoms with Crippen LogP contribution in [0.15, 0.2) is 315 Å². The van der Waals surface area contributed by atoms with Crippen LogP contribution in [0.1, 0.15) is 86.5 Å². The molecule has 0 N–H and O–H groups in total. The molecule has 520 valence electrons. The Labute approximate surface area is 625 Å². The van der Waals surface area contributed by atoms with Crippen LogP contribution in [-0.2, 0) is 19.8 Å². The third kappa shape index (κ3) is 17.6. The smallest absolute Gasteiger partial charge is 0.310 e.